The van der Waals surface area contributed by atoms with Crippen LogP contribution >= 0.6 is 24.0 Å². The summed E-state index contributed by atoms with van der Waals surface area (Å²) in [5, 5.41) is 6.55. The Labute approximate surface area is 206 Å². The van der Waals surface area contributed by atoms with Gasteiger partial charge in [-0.15, -0.1) is 24.0 Å². The molecule has 8 nitrogen and oxygen atoms in total. The standard InChI is InChI=1S/C22H33FN6O2.HI/c1-3-20(30)29-11-9-18(16-29)26-22(24-2)25-10-8-21(31)28-14-12-27(13-15-28)19-6-4-17(23)5-7-19;/h4-7,18H,3,8-16H2,1-2H3,(H2,24,25,26);1H. The molecule has 2 aliphatic heterocycles. The van der Waals surface area contributed by atoms with Crippen molar-refractivity contribution in [2.75, 3.05) is 57.8 Å². The monoisotopic (exact) mass is 560 g/mol. The first-order valence-electron chi connectivity index (χ1n) is 11.0. The fourth-order valence-electron chi connectivity index (χ4n) is 4.03. The lowest BCUT2D eigenvalue weighted by molar-refractivity contribution is -0.131. The van der Waals surface area contributed by atoms with Crippen molar-refractivity contribution in [2.45, 2.75) is 32.2 Å². The highest BCUT2D eigenvalue weighted by Crippen LogP contribution is 2.17. The van der Waals surface area contributed by atoms with E-state index >= 15 is 0 Å². The summed E-state index contributed by atoms with van der Waals surface area (Å²) >= 11 is 0. The Morgan fingerprint density at radius 3 is 2.38 bits per heavy atom. The summed E-state index contributed by atoms with van der Waals surface area (Å²) in [6, 6.07) is 6.65. The fourth-order valence-corrected chi connectivity index (χ4v) is 4.03. The van der Waals surface area contributed by atoms with Crippen LogP contribution in [0.3, 0.4) is 0 Å². The molecule has 2 amide bonds. The Kier molecular flexibility index (Phi) is 10.5. The van der Waals surface area contributed by atoms with Gasteiger partial charge in [0.1, 0.15) is 5.82 Å². The van der Waals surface area contributed by atoms with Crippen molar-refractivity contribution in [1.82, 2.24) is 20.4 Å². The van der Waals surface area contributed by atoms with Crippen molar-refractivity contribution in [3.05, 3.63) is 30.1 Å². The minimum absolute atomic E-state index is 0. The van der Waals surface area contributed by atoms with E-state index in [1.54, 1.807) is 19.2 Å². The summed E-state index contributed by atoms with van der Waals surface area (Å²) in [4.78, 5) is 34.5. The van der Waals surface area contributed by atoms with E-state index in [0.29, 0.717) is 45.0 Å². The number of carbonyl (C=O) groups is 2. The Bertz CT molecular complexity index is 783. The number of halogens is 2. The van der Waals surface area contributed by atoms with Crippen molar-refractivity contribution in [3.8, 4) is 0 Å². The summed E-state index contributed by atoms with van der Waals surface area (Å²) in [7, 11) is 1.70. The average Bonchev–Trinajstić information content (AvgIpc) is 3.27. The zero-order valence-corrected chi connectivity index (χ0v) is 21.2. The zero-order valence-electron chi connectivity index (χ0n) is 18.8. The van der Waals surface area contributed by atoms with Crippen LogP contribution in [0.2, 0.25) is 0 Å². The van der Waals surface area contributed by atoms with Crippen molar-refractivity contribution in [3.63, 3.8) is 0 Å². The first-order chi connectivity index (χ1) is 15.0. The van der Waals surface area contributed by atoms with Gasteiger partial charge in [0.2, 0.25) is 11.8 Å². The first-order valence-corrected chi connectivity index (χ1v) is 11.0. The van der Waals surface area contributed by atoms with Crippen LogP contribution < -0.4 is 15.5 Å². The van der Waals surface area contributed by atoms with E-state index in [0.717, 1.165) is 31.7 Å². The highest BCUT2D eigenvalue weighted by molar-refractivity contribution is 14.0. The second-order valence-corrected chi connectivity index (χ2v) is 7.92. The number of anilines is 1. The van der Waals surface area contributed by atoms with Crippen LogP contribution in [-0.2, 0) is 9.59 Å². The fraction of sp³-hybridized carbons (Fsp3) is 0.591. The van der Waals surface area contributed by atoms with Gasteiger partial charge in [-0.1, -0.05) is 6.92 Å². The number of piperazine rings is 1. The molecule has 2 aliphatic rings. The normalized spacial score (nSPS) is 18.9. The lowest BCUT2D eigenvalue weighted by Gasteiger charge is -2.36. The molecule has 1 aromatic carbocycles. The van der Waals surface area contributed by atoms with Crippen molar-refractivity contribution < 1.29 is 14.0 Å². The number of rotatable bonds is 6. The van der Waals surface area contributed by atoms with E-state index in [2.05, 4.69) is 20.5 Å². The van der Waals surface area contributed by atoms with Gasteiger partial charge >= 0.3 is 0 Å². The molecule has 2 heterocycles. The van der Waals surface area contributed by atoms with Gasteiger partial charge in [-0.25, -0.2) is 4.39 Å². The average molecular weight is 560 g/mol. The SMILES string of the molecule is CCC(=O)N1CCC(NC(=NC)NCCC(=O)N2CCN(c3ccc(F)cc3)CC2)C1.I. The van der Waals surface area contributed by atoms with Crippen molar-refractivity contribution in [1.29, 1.82) is 0 Å². The second kappa shape index (κ2) is 12.8. The number of amides is 2. The van der Waals surface area contributed by atoms with E-state index in [1.165, 1.54) is 12.1 Å². The number of benzene rings is 1. The van der Waals surface area contributed by atoms with E-state index < -0.39 is 0 Å². The molecule has 10 heteroatoms. The molecule has 2 N–H and O–H groups in total. The molecule has 32 heavy (non-hydrogen) atoms. The van der Waals surface area contributed by atoms with Crippen LogP contribution in [0.25, 0.3) is 0 Å². The molecule has 2 fully saturated rings. The Hall–Kier alpha value is -2.11. The highest BCUT2D eigenvalue weighted by atomic mass is 127. The molecule has 0 saturated carbocycles. The third-order valence-corrected chi connectivity index (χ3v) is 5.86. The zero-order chi connectivity index (χ0) is 22.2. The molecule has 3 rings (SSSR count). The number of carbonyl (C=O) groups excluding carboxylic acids is 2. The molecule has 0 bridgehead atoms. The number of likely N-dealkylation sites (tertiary alicyclic amines) is 1. The third kappa shape index (κ3) is 7.21. The molecular weight excluding hydrogens is 526 g/mol. The van der Waals surface area contributed by atoms with Crippen molar-refractivity contribution in [2.24, 2.45) is 4.99 Å². The number of hydrogen-bond acceptors (Lipinski definition) is 4. The molecule has 0 aliphatic carbocycles. The number of guanidine groups is 1. The molecule has 1 atom stereocenters. The molecule has 0 radical (unpaired) electrons. The predicted molar refractivity (Wildman–Crippen MR) is 135 cm³/mol. The molecule has 1 aromatic rings. The maximum absolute atomic E-state index is 13.1. The van der Waals surface area contributed by atoms with Crippen LogP contribution in [0.5, 0.6) is 0 Å². The maximum Gasteiger partial charge on any atom is 0.224 e. The van der Waals surface area contributed by atoms with Crippen LogP contribution in [0, 0.1) is 5.82 Å². The Balaban J connectivity index is 0.00000363. The van der Waals surface area contributed by atoms with Crippen LogP contribution in [0.4, 0.5) is 10.1 Å². The van der Waals surface area contributed by atoms with Crippen LogP contribution in [-0.4, -0.2) is 86.5 Å². The lowest BCUT2D eigenvalue weighted by atomic mass is 10.2. The third-order valence-electron chi connectivity index (χ3n) is 5.86. The summed E-state index contributed by atoms with van der Waals surface area (Å²) < 4.78 is 13.1. The minimum Gasteiger partial charge on any atom is -0.368 e. The van der Waals surface area contributed by atoms with Gasteiger partial charge in [-0.05, 0) is 30.7 Å². The maximum atomic E-state index is 13.1. The smallest absolute Gasteiger partial charge is 0.224 e. The van der Waals surface area contributed by atoms with Crippen LogP contribution in [0.1, 0.15) is 26.2 Å². The number of nitrogens with zero attached hydrogens (tertiary/aromatic N) is 4. The van der Waals surface area contributed by atoms with Gasteiger partial charge in [0.05, 0.1) is 0 Å². The summed E-state index contributed by atoms with van der Waals surface area (Å²) in [6.07, 6.45) is 1.81. The number of hydrogen-bond donors (Lipinski definition) is 2. The predicted octanol–water partition coefficient (Wildman–Crippen LogP) is 1.66. The van der Waals surface area contributed by atoms with Gasteiger partial charge < -0.3 is 25.3 Å². The van der Waals surface area contributed by atoms with E-state index in [1.807, 2.05) is 16.7 Å². The topological polar surface area (TPSA) is 80.3 Å². The summed E-state index contributed by atoms with van der Waals surface area (Å²) in [5.41, 5.74) is 0.983. The van der Waals surface area contributed by atoms with Crippen molar-refractivity contribution >= 4 is 47.4 Å². The largest absolute Gasteiger partial charge is 0.368 e. The molecule has 0 spiro atoms. The van der Waals surface area contributed by atoms with Crippen LogP contribution in [0.15, 0.2) is 29.3 Å². The highest BCUT2D eigenvalue weighted by Gasteiger charge is 2.26. The molecule has 178 valence electrons. The second-order valence-electron chi connectivity index (χ2n) is 7.92. The first kappa shape index (κ1) is 26.1. The summed E-state index contributed by atoms with van der Waals surface area (Å²) in [5.74, 6) is 0.707. The Morgan fingerprint density at radius 2 is 1.75 bits per heavy atom. The van der Waals surface area contributed by atoms with E-state index in [9.17, 15) is 14.0 Å². The number of aliphatic imine (C=N–C) groups is 1. The molecule has 1 unspecified atom stereocenters. The number of nitrogens with one attached hydrogen (secondary N) is 2. The van der Waals surface area contributed by atoms with Gasteiger partial charge in [0.15, 0.2) is 5.96 Å². The van der Waals surface area contributed by atoms with Gasteiger partial charge in [0.25, 0.3) is 0 Å². The summed E-state index contributed by atoms with van der Waals surface area (Å²) in [6.45, 7) is 6.63. The Morgan fingerprint density at radius 1 is 1.06 bits per heavy atom. The van der Waals surface area contributed by atoms with Gasteiger partial charge in [0, 0.05) is 77.4 Å². The quantitative estimate of drug-likeness (QED) is 0.315. The van der Waals surface area contributed by atoms with E-state index in [-0.39, 0.29) is 47.7 Å². The lowest BCUT2D eigenvalue weighted by Crippen LogP contribution is -2.50. The van der Waals surface area contributed by atoms with E-state index in [4.69, 9.17) is 0 Å². The van der Waals surface area contributed by atoms with Gasteiger partial charge in [-0.3, -0.25) is 14.6 Å². The minimum atomic E-state index is -0.241. The van der Waals surface area contributed by atoms with Gasteiger partial charge in [-0.2, -0.15) is 0 Å². The molecular formula is C22H34FIN6O2. The molecule has 0 aromatic heterocycles. The molecule has 2 saturated heterocycles.